The quantitative estimate of drug-likeness (QED) is 0.760. The van der Waals surface area contributed by atoms with E-state index in [4.69, 9.17) is 5.11 Å². The Kier molecular flexibility index (Phi) is 2.83. The van der Waals surface area contributed by atoms with Crippen LogP contribution in [0.1, 0.15) is 37.7 Å². The molecule has 0 atom stereocenters. The number of carboxylic acids is 1. The summed E-state index contributed by atoms with van der Waals surface area (Å²) in [5.74, 6) is -0.142. The van der Waals surface area contributed by atoms with Crippen LogP contribution in [0.2, 0.25) is 0 Å². The third-order valence-electron chi connectivity index (χ3n) is 3.84. The molecule has 0 saturated heterocycles. The Morgan fingerprint density at radius 3 is 2.71 bits per heavy atom. The average molecular weight is 285 g/mol. The lowest BCUT2D eigenvalue weighted by Crippen LogP contribution is -2.10. The number of aliphatic carboxylic acids is 1. The number of nitrogens with one attached hydrogen (secondary N) is 1. The first-order valence-electron chi connectivity index (χ1n) is 6.99. The van der Waals surface area contributed by atoms with E-state index < -0.39 is 5.97 Å². The van der Waals surface area contributed by atoms with Crippen molar-refractivity contribution in [1.29, 1.82) is 0 Å². The molecule has 1 aromatic carbocycles. The van der Waals surface area contributed by atoms with Crippen molar-refractivity contribution in [2.24, 2.45) is 0 Å². The number of hydrogen-bond acceptors (Lipinski definition) is 2. The first-order chi connectivity index (χ1) is 9.77. The van der Waals surface area contributed by atoms with E-state index in [2.05, 4.69) is 42.9 Å². The number of imidazole rings is 2. The van der Waals surface area contributed by atoms with Crippen LogP contribution in [0, 0.1) is 6.92 Å². The lowest BCUT2D eigenvalue weighted by atomic mass is 9.87. The number of carbonyl (C=O) groups is 1. The number of hydrogen-bond donors (Lipinski definition) is 2. The Labute approximate surface area is 122 Å². The molecule has 2 N–H and O–H groups in total. The molecule has 21 heavy (non-hydrogen) atoms. The van der Waals surface area contributed by atoms with Crippen LogP contribution in [-0.2, 0) is 16.6 Å². The van der Waals surface area contributed by atoms with Crippen molar-refractivity contribution in [1.82, 2.24) is 14.4 Å². The summed E-state index contributed by atoms with van der Waals surface area (Å²) >= 11 is 0. The highest BCUT2D eigenvalue weighted by molar-refractivity contribution is 5.82. The standard InChI is InChI=1S/C16H19N3O2/c1-9-13(8-14(20)21)19-12-6-5-10(16(2,3)4)7-11(12)18-15(19)17-9/h5-7H,8H2,1-4H3,(H,17,18)(H,20,21). The molecule has 5 nitrogen and oxygen atoms in total. The van der Waals surface area contributed by atoms with E-state index in [-0.39, 0.29) is 11.8 Å². The van der Waals surface area contributed by atoms with Crippen molar-refractivity contribution < 1.29 is 9.90 Å². The molecule has 2 aromatic heterocycles. The molecule has 0 spiro atoms. The number of fused-ring (bicyclic) bond motifs is 3. The topological polar surface area (TPSA) is 70.4 Å². The number of benzene rings is 1. The summed E-state index contributed by atoms with van der Waals surface area (Å²) < 4.78 is 1.91. The minimum atomic E-state index is -0.841. The van der Waals surface area contributed by atoms with Crippen molar-refractivity contribution >= 4 is 22.8 Å². The Morgan fingerprint density at radius 2 is 2.10 bits per heavy atom. The van der Waals surface area contributed by atoms with Crippen molar-refractivity contribution in [3.05, 3.63) is 35.2 Å². The number of H-pyrrole nitrogens is 1. The normalized spacial score (nSPS) is 12.4. The minimum Gasteiger partial charge on any atom is -0.481 e. The molecule has 0 fully saturated rings. The van der Waals surface area contributed by atoms with Gasteiger partial charge in [-0.25, -0.2) is 4.98 Å². The number of rotatable bonds is 2. The molecule has 2 heterocycles. The Bertz CT molecular complexity index is 850. The highest BCUT2D eigenvalue weighted by atomic mass is 16.4. The van der Waals surface area contributed by atoms with Crippen molar-refractivity contribution in [2.75, 3.05) is 0 Å². The lowest BCUT2D eigenvalue weighted by molar-refractivity contribution is -0.136. The molecule has 0 aliphatic heterocycles. The summed E-state index contributed by atoms with van der Waals surface area (Å²) in [7, 11) is 0. The van der Waals surface area contributed by atoms with Crippen LogP contribution in [0.4, 0.5) is 0 Å². The van der Waals surface area contributed by atoms with E-state index in [1.165, 1.54) is 5.56 Å². The third kappa shape index (κ3) is 2.18. The summed E-state index contributed by atoms with van der Waals surface area (Å²) in [6.45, 7) is 8.37. The average Bonchev–Trinajstić information content (AvgIpc) is 2.84. The third-order valence-corrected chi connectivity index (χ3v) is 3.84. The van der Waals surface area contributed by atoms with Crippen LogP contribution in [0.15, 0.2) is 18.2 Å². The van der Waals surface area contributed by atoms with E-state index >= 15 is 0 Å². The van der Waals surface area contributed by atoms with Crippen molar-refractivity contribution in [3.63, 3.8) is 0 Å². The van der Waals surface area contributed by atoms with Gasteiger partial charge in [0.2, 0.25) is 5.78 Å². The van der Waals surface area contributed by atoms with Gasteiger partial charge in [0.25, 0.3) is 0 Å². The fraction of sp³-hybridized carbons (Fsp3) is 0.375. The molecule has 0 bridgehead atoms. The second-order valence-electron chi connectivity index (χ2n) is 6.49. The second-order valence-corrected chi connectivity index (χ2v) is 6.49. The number of carboxylic acid groups (broad SMARTS) is 1. The predicted molar refractivity (Wildman–Crippen MR) is 81.8 cm³/mol. The first-order valence-corrected chi connectivity index (χ1v) is 6.99. The van der Waals surface area contributed by atoms with Crippen LogP contribution >= 0.6 is 0 Å². The maximum absolute atomic E-state index is 11.1. The maximum atomic E-state index is 11.1. The molecule has 0 saturated carbocycles. The van der Waals surface area contributed by atoms with Gasteiger partial charge in [-0.1, -0.05) is 26.8 Å². The maximum Gasteiger partial charge on any atom is 0.309 e. The zero-order chi connectivity index (χ0) is 15.4. The molecule has 3 aromatic rings. The Hall–Kier alpha value is -2.30. The van der Waals surface area contributed by atoms with E-state index in [1.807, 2.05) is 17.4 Å². The fourth-order valence-corrected chi connectivity index (χ4v) is 2.67. The van der Waals surface area contributed by atoms with Gasteiger partial charge < -0.3 is 10.1 Å². The smallest absolute Gasteiger partial charge is 0.309 e. The van der Waals surface area contributed by atoms with Gasteiger partial charge in [0, 0.05) is 5.69 Å². The van der Waals surface area contributed by atoms with Gasteiger partial charge in [0.1, 0.15) is 0 Å². The predicted octanol–water partition coefficient (Wildman–Crippen LogP) is 3.05. The summed E-state index contributed by atoms with van der Waals surface area (Å²) in [5.41, 5.74) is 4.71. The molecular weight excluding hydrogens is 266 g/mol. The first kappa shape index (κ1) is 13.7. The van der Waals surface area contributed by atoms with Crippen LogP contribution < -0.4 is 0 Å². The van der Waals surface area contributed by atoms with E-state index in [9.17, 15) is 4.79 Å². The summed E-state index contributed by atoms with van der Waals surface area (Å²) in [5, 5.41) is 9.08. The van der Waals surface area contributed by atoms with E-state index in [0.29, 0.717) is 5.78 Å². The van der Waals surface area contributed by atoms with Gasteiger partial charge in [0.15, 0.2) is 0 Å². The Morgan fingerprint density at radius 1 is 1.38 bits per heavy atom. The molecular formula is C16H19N3O2. The fourth-order valence-electron chi connectivity index (χ4n) is 2.67. The van der Waals surface area contributed by atoms with Crippen LogP contribution in [-0.4, -0.2) is 25.4 Å². The van der Waals surface area contributed by atoms with Gasteiger partial charge in [-0.3, -0.25) is 9.20 Å². The van der Waals surface area contributed by atoms with Gasteiger partial charge in [0.05, 0.1) is 23.1 Å². The lowest BCUT2D eigenvalue weighted by Gasteiger charge is -2.18. The van der Waals surface area contributed by atoms with Crippen molar-refractivity contribution in [3.8, 4) is 0 Å². The van der Waals surface area contributed by atoms with E-state index in [0.717, 1.165) is 22.4 Å². The number of aromatic nitrogens is 3. The number of nitrogens with zero attached hydrogens (tertiary/aromatic N) is 2. The monoisotopic (exact) mass is 285 g/mol. The van der Waals surface area contributed by atoms with Gasteiger partial charge in [-0.05, 0) is 30.0 Å². The largest absolute Gasteiger partial charge is 0.481 e. The SMILES string of the molecule is Cc1[nH]c2nc3cc(C(C)(C)C)ccc3n2c1CC(=O)O. The second kappa shape index (κ2) is 4.35. The summed E-state index contributed by atoms with van der Waals surface area (Å²) in [4.78, 5) is 18.8. The summed E-state index contributed by atoms with van der Waals surface area (Å²) in [6, 6.07) is 6.19. The van der Waals surface area contributed by atoms with Gasteiger partial charge >= 0.3 is 5.97 Å². The highest BCUT2D eigenvalue weighted by Gasteiger charge is 2.19. The Balaban J connectivity index is 2.27. The van der Waals surface area contributed by atoms with E-state index in [1.54, 1.807) is 0 Å². The minimum absolute atomic E-state index is 0.0156. The molecule has 0 unspecified atom stereocenters. The van der Waals surface area contributed by atoms with Gasteiger partial charge in [-0.2, -0.15) is 0 Å². The molecule has 0 radical (unpaired) electrons. The zero-order valence-corrected chi connectivity index (χ0v) is 12.7. The van der Waals surface area contributed by atoms with Crippen molar-refractivity contribution in [2.45, 2.75) is 39.5 Å². The molecule has 110 valence electrons. The zero-order valence-electron chi connectivity index (χ0n) is 12.7. The van der Waals surface area contributed by atoms with Crippen LogP contribution in [0.25, 0.3) is 16.8 Å². The number of aryl methyl sites for hydroxylation is 1. The van der Waals surface area contributed by atoms with Gasteiger partial charge in [-0.15, -0.1) is 0 Å². The molecule has 0 aliphatic carbocycles. The summed E-state index contributed by atoms with van der Waals surface area (Å²) in [6.07, 6.45) is -0.0156. The van der Waals surface area contributed by atoms with Crippen LogP contribution in [0.5, 0.6) is 0 Å². The molecule has 3 rings (SSSR count). The number of aromatic amines is 1. The highest BCUT2D eigenvalue weighted by Crippen LogP contribution is 2.27. The molecule has 5 heteroatoms. The molecule has 0 amide bonds. The molecule has 0 aliphatic rings. The van der Waals surface area contributed by atoms with Crippen LogP contribution in [0.3, 0.4) is 0 Å².